The van der Waals surface area contributed by atoms with Crippen molar-refractivity contribution in [2.45, 2.75) is 18.9 Å². The van der Waals surface area contributed by atoms with Crippen LogP contribution in [0.5, 0.6) is 0 Å². The number of fused-ring (bicyclic) bond motifs is 1. The van der Waals surface area contributed by atoms with Gasteiger partial charge in [0.15, 0.2) is 0 Å². The number of benzene rings is 1. The zero-order chi connectivity index (χ0) is 13.9. The first-order valence-corrected chi connectivity index (χ1v) is 6.84. The van der Waals surface area contributed by atoms with E-state index < -0.39 is 5.97 Å². The monoisotopic (exact) mass is 271 g/mol. The molecule has 0 atom stereocenters. The predicted molar refractivity (Wildman–Crippen MR) is 78.2 cm³/mol. The third kappa shape index (κ3) is 2.58. The highest BCUT2D eigenvalue weighted by molar-refractivity contribution is 6.02. The summed E-state index contributed by atoms with van der Waals surface area (Å²) in [7, 11) is 0. The van der Waals surface area contributed by atoms with Gasteiger partial charge >= 0.3 is 5.97 Å². The molecule has 1 aliphatic heterocycles. The third-order valence-electron chi connectivity index (χ3n) is 3.65. The van der Waals surface area contributed by atoms with Crippen LogP contribution in [0.25, 0.3) is 10.9 Å². The van der Waals surface area contributed by atoms with Crippen LogP contribution in [-0.2, 0) is 0 Å². The fourth-order valence-electron chi connectivity index (χ4n) is 2.60. The molecule has 0 bridgehead atoms. The molecule has 0 aliphatic carbocycles. The Bertz CT molecular complexity index is 636. The van der Waals surface area contributed by atoms with Crippen molar-refractivity contribution in [1.29, 1.82) is 0 Å². The van der Waals surface area contributed by atoms with Gasteiger partial charge in [-0.2, -0.15) is 0 Å². The quantitative estimate of drug-likeness (QED) is 0.797. The molecule has 0 unspecified atom stereocenters. The molecule has 1 saturated heterocycles. The summed E-state index contributed by atoms with van der Waals surface area (Å²) in [5.41, 5.74) is 1.01. The van der Waals surface area contributed by atoms with E-state index >= 15 is 0 Å². The van der Waals surface area contributed by atoms with Crippen LogP contribution in [0.1, 0.15) is 23.2 Å². The molecular formula is C15H17N3O2. The molecule has 5 heteroatoms. The molecule has 2 aromatic rings. The number of carbonyl (C=O) groups is 1. The molecule has 0 radical (unpaired) electrons. The molecule has 3 rings (SSSR count). The molecule has 20 heavy (non-hydrogen) atoms. The summed E-state index contributed by atoms with van der Waals surface area (Å²) in [6.07, 6.45) is 2.16. The lowest BCUT2D eigenvalue weighted by Gasteiger charge is -2.24. The number of piperidine rings is 1. The number of nitrogens with one attached hydrogen (secondary N) is 2. The van der Waals surface area contributed by atoms with E-state index in [2.05, 4.69) is 15.6 Å². The Morgan fingerprint density at radius 1 is 1.25 bits per heavy atom. The van der Waals surface area contributed by atoms with Gasteiger partial charge < -0.3 is 15.7 Å². The number of rotatable bonds is 3. The van der Waals surface area contributed by atoms with E-state index in [9.17, 15) is 4.79 Å². The Labute approximate surface area is 117 Å². The highest BCUT2D eigenvalue weighted by Gasteiger charge is 2.14. The fourth-order valence-corrected chi connectivity index (χ4v) is 2.60. The molecule has 2 heterocycles. The lowest BCUT2D eigenvalue weighted by molar-refractivity contribution is 0.0699. The van der Waals surface area contributed by atoms with Gasteiger partial charge in [0.25, 0.3) is 0 Å². The smallest absolute Gasteiger partial charge is 0.336 e. The van der Waals surface area contributed by atoms with Crippen molar-refractivity contribution in [2.24, 2.45) is 0 Å². The number of hydrogen-bond acceptors (Lipinski definition) is 4. The number of aromatic nitrogens is 1. The largest absolute Gasteiger partial charge is 0.478 e. The summed E-state index contributed by atoms with van der Waals surface area (Å²) in [6, 6.07) is 9.30. The van der Waals surface area contributed by atoms with Gasteiger partial charge in [0.1, 0.15) is 5.82 Å². The standard InChI is InChI=1S/C15H17N3O2/c19-15(20)12-2-1-3-13-11(12)4-5-14(18-13)17-10-6-8-16-9-7-10/h1-5,10,16H,6-9H2,(H,17,18)(H,19,20). The van der Waals surface area contributed by atoms with Crippen LogP contribution in [0.2, 0.25) is 0 Å². The first kappa shape index (κ1) is 12.9. The van der Waals surface area contributed by atoms with Gasteiger partial charge in [0, 0.05) is 11.4 Å². The van der Waals surface area contributed by atoms with Crippen LogP contribution in [0.3, 0.4) is 0 Å². The summed E-state index contributed by atoms with van der Waals surface area (Å²) >= 11 is 0. The molecule has 0 amide bonds. The second-order valence-electron chi connectivity index (χ2n) is 5.04. The molecular weight excluding hydrogens is 254 g/mol. The second-order valence-corrected chi connectivity index (χ2v) is 5.04. The van der Waals surface area contributed by atoms with E-state index in [4.69, 9.17) is 5.11 Å². The number of pyridine rings is 1. The SMILES string of the molecule is O=C(O)c1cccc2nc(NC3CCNCC3)ccc12. The lowest BCUT2D eigenvalue weighted by Crippen LogP contribution is -2.35. The van der Waals surface area contributed by atoms with E-state index in [1.165, 1.54) is 0 Å². The second kappa shape index (κ2) is 5.46. The Kier molecular flexibility index (Phi) is 3.52. The Hall–Kier alpha value is -2.14. The molecule has 104 valence electrons. The van der Waals surface area contributed by atoms with Gasteiger partial charge in [0.05, 0.1) is 11.1 Å². The zero-order valence-electron chi connectivity index (χ0n) is 11.1. The van der Waals surface area contributed by atoms with Crippen molar-refractivity contribution in [3.8, 4) is 0 Å². The van der Waals surface area contributed by atoms with Crippen molar-refractivity contribution < 1.29 is 9.90 Å². The Morgan fingerprint density at radius 3 is 2.80 bits per heavy atom. The summed E-state index contributed by atoms with van der Waals surface area (Å²) in [6.45, 7) is 2.04. The van der Waals surface area contributed by atoms with E-state index in [1.54, 1.807) is 12.1 Å². The van der Waals surface area contributed by atoms with Crippen LogP contribution in [0.15, 0.2) is 30.3 Å². The number of carboxylic acids is 1. The van der Waals surface area contributed by atoms with Gasteiger partial charge in [-0.1, -0.05) is 6.07 Å². The molecule has 0 spiro atoms. The molecule has 3 N–H and O–H groups in total. The molecule has 1 aliphatic rings. The maximum Gasteiger partial charge on any atom is 0.336 e. The van der Waals surface area contributed by atoms with Crippen molar-refractivity contribution in [2.75, 3.05) is 18.4 Å². The molecule has 0 saturated carbocycles. The number of hydrogen-bond donors (Lipinski definition) is 3. The van der Waals surface area contributed by atoms with Crippen molar-refractivity contribution in [3.05, 3.63) is 35.9 Å². The normalized spacial score (nSPS) is 16.2. The zero-order valence-corrected chi connectivity index (χ0v) is 11.1. The van der Waals surface area contributed by atoms with Gasteiger partial charge in [-0.25, -0.2) is 9.78 Å². The van der Waals surface area contributed by atoms with Gasteiger partial charge in [-0.15, -0.1) is 0 Å². The van der Waals surface area contributed by atoms with Crippen molar-refractivity contribution >= 4 is 22.7 Å². The first-order chi connectivity index (χ1) is 9.74. The third-order valence-corrected chi connectivity index (χ3v) is 3.65. The van der Waals surface area contributed by atoms with Crippen molar-refractivity contribution in [1.82, 2.24) is 10.3 Å². The average Bonchev–Trinajstić information content (AvgIpc) is 2.47. The highest BCUT2D eigenvalue weighted by atomic mass is 16.4. The van der Waals surface area contributed by atoms with Crippen molar-refractivity contribution in [3.63, 3.8) is 0 Å². The van der Waals surface area contributed by atoms with Crippen LogP contribution in [0, 0.1) is 0 Å². The van der Waals surface area contributed by atoms with Gasteiger partial charge in [-0.05, 0) is 50.2 Å². The highest BCUT2D eigenvalue weighted by Crippen LogP contribution is 2.20. The van der Waals surface area contributed by atoms with E-state index in [-0.39, 0.29) is 0 Å². The average molecular weight is 271 g/mol. The summed E-state index contributed by atoms with van der Waals surface area (Å²) in [4.78, 5) is 15.7. The summed E-state index contributed by atoms with van der Waals surface area (Å²) < 4.78 is 0. The molecule has 1 fully saturated rings. The van der Waals surface area contributed by atoms with Crippen LogP contribution < -0.4 is 10.6 Å². The maximum atomic E-state index is 11.2. The van der Waals surface area contributed by atoms with E-state index in [0.29, 0.717) is 22.5 Å². The Morgan fingerprint density at radius 2 is 2.05 bits per heavy atom. The molecule has 1 aromatic carbocycles. The number of anilines is 1. The minimum atomic E-state index is -0.920. The fraction of sp³-hybridized carbons (Fsp3) is 0.333. The molecule has 1 aromatic heterocycles. The topological polar surface area (TPSA) is 74.2 Å². The molecule has 5 nitrogen and oxygen atoms in total. The number of nitrogens with zero attached hydrogens (tertiary/aromatic N) is 1. The van der Waals surface area contributed by atoms with Gasteiger partial charge in [-0.3, -0.25) is 0 Å². The van der Waals surface area contributed by atoms with Crippen LogP contribution >= 0.6 is 0 Å². The van der Waals surface area contributed by atoms with Gasteiger partial charge in [0.2, 0.25) is 0 Å². The predicted octanol–water partition coefficient (Wildman–Crippen LogP) is 2.10. The maximum absolute atomic E-state index is 11.2. The Balaban J connectivity index is 1.89. The number of aromatic carboxylic acids is 1. The summed E-state index contributed by atoms with van der Waals surface area (Å²) in [5, 5.41) is 16.6. The minimum absolute atomic E-state index is 0.295. The first-order valence-electron chi connectivity index (χ1n) is 6.84. The summed E-state index contributed by atoms with van der Waals surface area (Å²) in [5.74, 6) is -0.108. The van der Waals surface area contributed by atoms with Crippen LogP contribution in [0.4, 0.5) is 5.82 Å². The van der Waals surface area contributed by atoms with E-state index in [1.807, 2.05) is 18.2 Å². The minimum Gasteiger partial charge on any atom is -0.478 e. The van der Waals surface area contributed by atoms with Crippen LogP contribution in [-0.4, -0.2) is 35.2 Å². The number of carboxylic acid groups (broad SMARTS) is 1. The van der Waals surface area contributed by atoms with E-state index in [0.717, 1.165) is 31.7 Å². The lowest BCUT2D eigenvalue weighted by atomic mass is 10.1.